The number of methoxy groups -OCH3 is 1. The average molecular weight is 390 g/mol. The van der Waals surface area contributed by atoms with E-state index in [9.17, 15) is 0 Å². The molecule has 0 spiro atoms. The first kappa shape index (κ1) is 17.0. The van der Waals surface area contributed by atoms with Crippen LogP contribution in [-0.2, 0) is 6.54 Å². The molecule has 0 saturated heterocycles. The molecule has 0 unspecified atom stereocenters. The van der Waals surface area contributed by atoms with Gasteiger partial charge in [0.25, 0.3) is 0 Å². The highest BCUT2D eigenvalue weighted by molar-refractivity contribution is 6.31. The molecule has 3 heterocycles. The molecular weight excluding hydrogens is 373 g/mol. The van der Waals surface area contributed by atoms with Gasteiger partial charge in [-0.3, -0.25) is 9.69 Å². The lowest BCUT2D eigenvalue weighted by molar-refractivity contribution is 0.416. The van der Waals surface area contributed by atoms with Crippen LogP contribution in [0.4, 0.5) is 5.69 Å². The molecule has 2 aliphatic heterocycles. The normalized spacial score (nSPS) is 15.4. The van der Waals surface area contributed by atoms with Gasteiger partial charge in [-0.1, -0.05) is 11.6 Å². The lowest BCUT2D eigenvalue weighted by Crippen LogP contribution is -2.34. The van der Waals surface area contributed by atoms with Crippen LogP contribution >= 0.6 is 23.2 Å². The number of hydrogen-bond acceptors (Lipinski definition) is 5. The van der Waals surface area contributed by atoms with Crippen molar-refractivity contribution in [3.63, 3.8) is 0 Å². The quantitative estimate of drug-likeness (QED) is 0.726. The minimum atomic E-state index is 0.477. The predicted octanol–water partition coefficient (Wildman–Crippen LogP) is 3.93. The molecule has 2 aromatic rings. The topological polar surface area (TPSA) is 45.9 Å². The maximum atomic E-state index is 6.24. The Morgan fingerprint density at radius 2 is 2.19 bits per heavy atom. The summed E-state index contributed by atoms with van der Waals surface area (Å²) in [5, 5.41) is 9.48. The van der Waals surface area contributed by atoms with Crippen LogP contribution < -0.4 is 9.75 Å². The number of fused-ring (bicyclic) bond motifs is 1. The van der Waals surface area contributed by atoms with Gasteiger partial charge in [0.2, 0.25) is 0 Å². The Kier molecular flexibility index (Phi) is 4.61. The largest absolute Gasteiger partial charge is 0.496 e. The molecule has 0 saturated carbocycles. The van der Waals surface area contributed by atoms with E-state index >= 15 is 0 Å². The molecule has 8 heteroatoms. The molecule has 4 rings (SSSR count). The molecule has 0 amide bonds. The Morgan fingerprint density at radius 3 is 3.00 bits per heavy atom. The molecule has 6 nitrogen and oxygen atoms in total. The van der Waals surface area contributed by atoms with Gasteiger partial charge in [0.05, 0.1) is 26.4 Å². The van der Waals surface area contributed by atoms with Gasteiger partial charge < -0.3 is 4.74 Å². The molecule has 1 aromatic heterocycles. The second-order valence-electron chi connectivity index (χ2n) is 5.77. The zero-order chi connectivity index (χ0) is 18.1. The lowest BCUT2D eigenvalue weighted by Gasteiger charge is -2.30. The van der Waals surface area contributed by atoms with E-state index in [1.807, 2.05) is 40.3 Å². The zero-order valence-electron chi connectivity index (χ0n) is 14.1. The summed E-state index contributed by atoms with van der Waals surface area (Å²) in [6.07, 6.45) is 9.71. The number of benzene rings is 1. The van der Waals surface area contributed by atoms with Gasteiger partial charge in [0.1, 0.15) is 23.0 Å². The number of aliphatic imine (C=N–C) groups is 1. The van der Waals surface area contributed by atoms with E-state index in [2.05, 4.69) is 16.1 Å². The molecule has 0 bridgehead atoms. The van der Waals surface area contributed by atoms with Crippen molar-refractivity contribution in [3.8, 4) is 17.0 Å². The molecule has 26 heavy (non-hydrogen) atoms. The summed E-state index contributed by atoms with van der Waals surface area (Å²) in [7, 11) is 1.64. The van der Waals surface area contributed by atoms with E-state index in [4.69, 9.17) is 33.0 Å². The van der Waals surface area contributed by atoms with Crippen LogP contribution in [0.25, 0.3) is 11.3 Å². The van der Waals surface area contributed by atoms with Crippen molar-refractivity contribution in [1.82, 2.24) is 14.8 Å². The van der Waals surface area contributed by atoms with E-state index in [1.165, 1.54) is 0 Å². The van der Waals surface area contributed by atoms with Crippen LogP contribution in [-0.4, -0.2) is 40.5 Å². The molecule has 0 atom stereocenters. The van der Waals surface area contributed by atoms with E-state index < -0.39 is 0 Å². The van der Waals surface area contributed by atoms with Gasteiger partial charge in [-0.05, 0) is 30.4 Å². The average Bonchev–Trinajstić information content (AvgIpc) is 3.26. The Morgan fingerprint density at radius 1 is 1.31 bits per heavy atom. The third-order valence-corrected chi connectivity index (χ3v) is 4.62. The lowest BCUT2D eigenvalue weighted by atomic mass is 10.1. The van der Waals surface area contributed by atoms with Gasteiger partial charge in [0.15, 0.2) is 0 Å². The highest BCUT2D eigenvalue weighted by atomic mass is 35.5. The maximum Gasteiger partial charge on any atom is 0.149 e. The smallest absolute Gasteiger partial charge is 0.149 e. The number of anilines is 1. The van der Waals surface area contributed by atoms with Gasteiger partial charge in [-0.25, -0.2) is 10.0 Å². The zero-order valence-corrected chi connectivity index (χ0v) is 15.7. The highest BCUT2D eigenvalue weighted by Gasteiger charge is 2.28. The number of rotatable bonds is 5. The summed E-state index contributed by atoms with van der Waals surface area (Å²) in [5.74, 6) is 2.08. The minimum Gasteiger partial charge on any atom is -0.496 e. The first-order valence-corrected chi connectivity index (χ1v) is 9.07. The van der Waals surface area contributed by atoms with Crippen LogP contribution in [0.3, 0.4) is 0 Å². The van der Waals surface area contributed by atoms with Crippen LogP contribution in [0.5, 0.6) is 5.75 Å². The summed E-state index contributed by atoms with van der Waals surface area (Å²) in [6.45, 7) is 1.30. The van der Waals surface area contributed by atoms with Crippen molar-refractivity contribution in [2.24, 2.45) is 4.99 Å². The summed E-state index contributed by atoms with van der Waals surface area (Å²) in [6, 6.07) is 5.52. The van der Waals surface area contributed by atoms with Gasteiger partial charge in [-0.2, -0.15) is 5.10 Å². The standard InChI is InChI=1S/C18H17Cl2N5O/c1-26-16-4-3-13(20)11-14(16)18-15(12-23(22-18)10-6-19)24-9-5-17-21-7-2-8-25(17)24/h2-5,7-8,11-12H,6,9-10H2,1H3. The summed E-state index contributed by atoms with van der Waals surface area (Å²) < 4.78 is 7.37. The number of hydrogen-bond donors (Lipinski definition) is 0. The number of allylic oxidation sites excluding steroid dienone is 1. The maximum absolute atomic E-state index is 6.24. The van der Waals surface area contributed by atoms with E-state index in [0.717, 1.165) is 22.8 Å². The minimum absolute atomic E-state index is 0.477. The van der Waals surface area contributed by atoms with Gasteiger partial charge >= 0.3 is 0 Å². The van der Waals surface area contributed by atoms with Crippen molar-refractivity contribution in [2.45, 2.75) is 6.54 Å². The molecule has 2 aliphatic rings. The number of nitrogens with zero attached hydrogens (tertiary/aromatic N) is 5. The van der Waals surface area contributed by atoms with E-state index in [1.54, 1.807) is 19.4 Å². The van der Waals surface area contributed by atoms with Crippen LogP contribution in [0.1, 0.15) is 0 Å². The summed E-state index contributed by atoms with van der Waals surface area (Å²) >= 11 is 12.2. The first-order valence-electron chi connectivity index (χ1n) is 8.16. The fourth-order valence-electron chi connectivity index (χ4n) is 3.05. The number of alkyl halides is 1. The van der Waals surface area contributed by atoms with Crippen molar-refractivity contribution >= 4 is 35.1 Å². The molecule has 0 radical (unpaired) electrons. The van der Waals surface area contributed by atoms with Gasteiger partial charge in [-0.15, -0.1) is 11.6 Å². The Hall–Kier alpha value is -2.44. The number of hydrazine groups is 1. The van der Waals surface area contributed by atoms with E-state index in [0.29, 0.717) is 29.7 Å². The Labute approximate surface area is 161 Å². The molecule has 0 aliphatic carbocycles. The van der Waals surface area contributed by atoms with Gasteiger partial charge in [0, 0.05) is 28.9 Å². The van der Waals surface area contributed by atoms with Crippen molar-refractivity contribution in [2.75, 3.05) is 24.5 Å². The second-order valence-corrected chi connectivity index (χ2v) is 6.58. The SMILES string of the molecule is COc1ccc(Cl)cc1-c1nn(CCCl)cc1N1CC=C2N=CC=CN21. The second kappa shape index (κ2) is 7.05. The molecule has 134 valence electrons. The highest BCUT2D eigenvalue weighted by Crippen LogP contribution is 2.39. The fourth-order valence-corrected chi connectivity index (χ4v) is 3.40. The van der Waals surface area contributed by atoms with Crippen LogP contribution in [0.2, 0.25) is 5.02 Å². The summed E-state index contributed by atoms with van der Waals surface area (Å²) in [4.78, 5) is 4.40. The third-order valence-electron chi connectivity index (χ3n) is 4.21. The Bertz CT molecular complexity index is 918. The van der Waals surface area contributed by atoms with Crippen molar-refractivity contribution in [1.29, 1.82) is 0 Å². The Balaban J connectivity index is 1.82. The summed E-state index contributed by atoms with van der Waals surface area (Å²) in [5.41, 5.74) is 2.55. The molecule has 1 aromatic carbocycles. The number of aryl methyl sites for hydroxylation is 1. The molecular formula is C18H17Cl2N5O. The molecule has 0 N–H and O–H groups in total. The number of ether oxygens (including phenoxy) is 1. The monoisotopic (exact) mass is 389 g/mol. The first-order chi connectivity index (χ1) is 12.7. The van der Waals surface area contributed by atoms with Crippen molar-refractivity contribution in [3.05, 3.63) is 53.6 Å². The van der Waals surface area contributed by atoms with Crippen LogP contribution in [0.15, 0.2) is 53.6 Å². The van der Waals surface area contributed by atoms with E-state index in [-0.39, 0.29) is 0 Å². The predicted molar refractivity (Wildman–Crippen MR) is 105 cm³/mol. The third kappa shape index (κ3) is 2.95. The molecule has 0 fully saturated rings. The van der Waals surface area contributed by atoms with Crippen molar-refractivity contribution < 1.29 is 4.74 Å². The number of halogens is 2. The number of aromatic nitrogens is 2. The van der Waals surface area contributed by atoms with Crippen LogP contribution in [0, 0.1) is 0 Å². The fraction of sp³-hybridized carbons (Fsp3) is 0.222.